The first-order valence-electron chi connectivity index (χ1n) is 23.3. The molecule has 9 aliphatic heterocycles. The highest BCUT2D eigenvalue weighted by Gasteiger charge is 2.65. The first-order valence-corrected chi connectivity index (χ1v) is 23.3. The molecule has 3 N–H and O–H groups in total. The second-order valence-electron chi connectivity index (χ2n) is 21.3. The van der Waals surface area contributed by atoms with Crippen molar-refractivity contribution in [3.8, 4) is 0 Å². The largest absolute Gasteiger partial charge is 0.459 e. The van der Waals surface area contributed by atoms with Crippen LogP contribution in [0.4, 0.5) is 0 Å². The maximum atomic E-state index is 14.1. The molecule has 8 saturated heterocycles. The summed E-state index contributed by atoms with van der Waals surface area (Å²) in [4.78, 5) is 28.0. The van der Waals surface area contributed by atoms with Gasteiger partial charge in [0.25, 0.3) is 0 Å². The number of allylic oxidation sites excluding steroid dienone is 3. The van der Waals surface area contributed by atoms with E-state index in [1.165, 1.54) is 0 Å². The van der Waals surface area contributed by atoms with Gasteiger partial charge in [0.1, 0.15) is 48.3 Å². The molecule has 14 nitrogen and oxygen atoms in total. The number of fused-ring (bicyclic) bond motifs is 10. The Bertz CT molecular complexity index is 1750. The lowest BCUT2D eigenvalue weighted by atomic mass is 9.87. The van der Waals surface area contributed by atoms with Crippen molar-refractivity contribution < 1.29 is 67.5 Å². The van der Waals surface area contributed by atoms with E-state index in [1.54, 1.807) is 13.8 Å². The van der Waals surface area contributed by atoms with E-state index in [4.69, 9.17) is 42.6 Å². The van der Waals surface area contributed by atoms with E-state index in [1.807, 2.05) is 26.0 Å². The first-order chi connectivity index (χ1) is 28.7. The Morgan fingerprint density at radius 3 is 2.34 bits per heavy atom. The van der Waals surface area contributed by atoms with Crippen LogP contribution in [0.5, 0.6) is 0 Å². The zero-order valence-electron chi connectivity index (χ0n) is 37.2. The average Bonchev–Trinajstić information content (AvgIpc) is 4.02. The molecule has 4 unspecified atom stereocenters. The minimum absolute atomic E-state index is 0.0222. The lowest BCUT2D eigenvalue weighted by Crippen LogP contribution is -2.59. The summed E-state index contributed by atoms with van der Waals surface area (Å²) in [6.07, 6.45) is 6.36. The van der Waals surface area contributed by atoms with Crippen LogP contribution in [0.15, 0.2) is 23.8 Å². The van der Waals surface area contributed by atoms with Crippen LogP contribution in [0, 0.1) is 17.8 Å². The molecule has 0 aromatic carbocycles. The monoisotopic (exact) mass is 858 g/mol. The minimum Gasteiger partial charge on any atom is -0.459 e. The van der Waals surface area contributed by atoms with Crippen molar-refractivity contribution in [3.05, 3.63) is 23.8 Å². The molecule has 9 heterocycles. The summed E-state index contributed by atoms with van der Waals surface area (Å²) in [6, 6.07) is 0. The van der Waals surface area contributed by atoms with Gasteiger partial charge < -0.3 is 58.0 Å². The Kier molecular flexibility index (Phi) is 11.6. The molecule has 0 saturated carbocycles. The standard InChI is InChI=1S/C47H70O14/c1-26-10-11-32-34(22-37(54-32)47(52)39(49)28(3)14-20-53-47)55-41(51)29(4)31-9-8-15-45(56-31)17-12-33(57-45)40(50)44(7)24-30(48)38(60-44)35-25-43(6)18-19-46(58-35,61-43)36-13-16-42(5,59-36)23-27(2)21-26/h10-11,21,27-29,31-40,49-50,52H,8-9,12-20,22-25H2,1-7H3/b11-10+,26-21+/t27-,28+,29+,31?,32+,33-,34+,35-,36+,37-,38?,39+,40-,42+,43?,44?,45+,46-,47+/m0/s1. The Morgan fingerprint density at radius 1 is 0.754 bits per heavy atom. The topological polar surface area (TPSA) is 178 Å². The lowest BCUT2D eigenvalue weighted by molar-refractivity contribution is -0.359. The van der Waals surface area contributed by atoms with E-state index in [2.05, 4.69) is 26.8 Å². The van der Waals surface area contributed by atoms with Gasteiger partial charge in [0.15, 0.2) is 17.4 Å². The smallest absolute Gasteiger partial charge is 0.311 e. The van der Waals surface area contributed by atoms with E-state index >= 15 is 0 Å². The summed E-state index contributed by atoms with van der Waals surface area (Å²) in [5, 5.41) is 34.8. The summed E-state index contributed by atoms with van der Waals surface area (Å²) in [6.45, 7) is 14.1. The van der Waals surface area contributed by atoms with Gasteiger partial charge in [0.2, 0.25) is 5.79 Å². The van der Waals surface area contributed by atoms with Crippen molar-refractivity contribution in [1.29, 1.82) is 0 Å². The molecule has 0 radical (unpaired) electrons. The Labute approximate surface area is 360 Å². The van der Waals surface area contributed by atoms with Gasteiger partial charge in [-0.3, -0.25) is 9.59 Å². The van der Waals surface area contributed by atoms with E-state index < -0.39 is 101 Å². The molecule has 0 amide bonds. The molecule has 10 bridgehead atoms. The fraction of sp³-hybridized carbons (Fsp3) is 0.872. The number of Topliss-reactive ketones (excluding diaryl/α,β-unsaturated/α-hetero) is 1. The number of ether oxygens (including phenoxy) is 9. The molecule has 0 aliphatic carbocycles. The van der Waals surface area contributed by atoms with Crippen LogP contribution in [0.1, 0.15) is 138 Å². The molecule has 61 heavy (non-hydrogen) atoms. The third-order valence-corrected chi connectivity index (χ3v) is 15.9. The van der Waals surface area contributed by atoms with Gasteiger partial charge in [-0.05, 0) is 97.8 Å². The van der Waals surface area contributed by atoms with E-state index in [9.17, 15) is 24.9 Å². The number of rotatable bonds is 1. The third kappa shape index (κ3) is 8.14. The zero-order chi connectivity index (χ0) is 43.3. The fourth-order valence-electron chi connectivity index (χ4n) is 12.5. The minimum atomic E-state index is -1.95. The van der Waals surface area contributed by atoms with Crippen molar-refractivity contribution in [1.82, 2.24) is 0 Å². The molecule has 0 aromatic heterocycles. The van der Waals surface area contributed by atoms with Gasteiger partial charge in [0.05, 0.1) is 42.0 Å². The average molecular weight is 859 g/mol. The molecule has 9 rings (SSSR count). The predicted molar refractivity (Wildman–Crippen MR) is 218 cm³/mol. The molecule has 342 valence electrons. The summed E-state index contributed by atoms with van der Waals surface area (Å²) in [5.41, 5.74) is -1.17. The van der Waals surface area contributed by atoms with Crippen LogP contribution in [0.25, 0.3) is 0 Å². The van der Waals surface area contributed by atoms with Gasteiger partial charge >= 0.3 is 5.97 Å². The molecule has 14 heteroatoms. The summed E-state index contributed by atoms with van der Waals surface area (Å²) in [5.74, 6) is -5.28. The summed E-state index contributed by atoms with van der Waals surface area (Å²) >= 11 is 0. The van der Waals surface area contributed by atoms with Crippen molar-refractivity contribution >= 4 is 11.8 Å². The number of esters is 1. The summed E-state index contributed by atoms with van der Waals surface area (Å²) < 4.78 is 59.0. The fourth-order valence-corrected chi connectivity index (χ4v) is 12.5. The first kappa shape index (κ1) is 44.4. The van der Waals surface area contributed by atoms with Crippen molar-refractivity contribution in [3.63, 3.8) is 0 Å². The van der Waals surface area contributed by atoms with Gasteiger partial charge in [-0.2, -0.15) is 0 Å². The highest BCUT2D eigenvalue weighted by Crippen LogP contribution is 2.55. The van der Waals surface area contributed by atoms with Crippen molar-refractivity contribution in [2.75, 3.05) is 6.61 Å². The number of hydrogen-bond donors (Lipinski definition) is 3. The molecule has 2 spiro atoms. The molecule has 0 aromatic rings. The van der Waals surface area contributed by atoms with Crippen LogP contribution in [-0.2, 0) is 52.2 Å². The second-order valence-corrected chi connectivity index (χ2v) is 21.3. The van der Waals surface area contributed by atoms with E-state index in [-0.39, 0.29) is 43.2 Å². The second kappa shape index (κ2) is 16.0. The molecule has 19 atom stereocenters. The predicted octanol–water partition coefficient (Wildman–Crippen LogP) is 5.25. The third-order valence-electron chi connectivity index (χ3n) is 15.9. The summed E-state index contributed by atoms with van der Waals surface area (Å²) in [7, 11) is 0. The maximum absolute atomic E-state index is 14.1. The van der Waals surface area contributed by atoms with Gasteiger partial charge in [0, 0.05) is 38.5 Å². The molecular weight excluding hydrogens is 789 g/mol. The van der Waals surface area contributed by atoms with Gasteiger partial charge in [-0.15, -0.1) is 0 Å². The highest BCUT2D eigenvalue weighted by atomic mass is 16.8. The lowest BCUT2D eigenvalue weighted by Gasteiger charge is -2.47. The SMILES string of the molecule is CC1=C\[C@H](C)C[C@@]2(C)CC[C@@H](O2)[C@@]23CCC(C)(C[C@H](O2)C2OC(C)(CC2=O)[C@@H](O)[C@@H]2CC[C@@]4(CCCC(O4)[C@@H](C)C(=O)O[C@@H]4C[C@@H]([C@@]5(O)OCC[C@@H](C)[C@H]5O)O[C@@H]4\C=C\1)O2)O3. The number of ketones is 1. The molecule has 9 aliphatic rings. The van der Waals surface area contributed by atoms with Gasteiger partial charge in [-0.25, -0.2) is 0 Å². The van der Waals surface area contributed by atoms with Gasteiger partial charge in [-0.1, -0.05) is 37.6 Å². The number of carbonyl (C=O) groups excluding carboxylic acids is 2. The Balaban J connectivity index is 1.00. The number of carbonyl (C=O) groups is 2. The normalized spacial score (nSPS) is 55.7. The highest BCUT2D eigenvalue weighted by molar-refractivity contribution is 5.86. The quantitative estimate of drug-likeness (QED) is 0.291. The van der Waals surface area contributed by atoms with Crippen LogP contribution in [0.2, 0.25) is 0 Å². The van der Waals surface area contributed by atoms with E-state index in [0.717, 1.165) is 37.7 Å². The van der Waals surface area contributed by atoms with Crippen molar-refractivity contribution in [2.24, 2.45) is 17.8 Å². The molecule has 8 fully saturated rings. The number of aliphatic hydroxyl groups excluding tert-OH is 2. The molecular formula is C47H70O14. The van der Waals surface area contributed by atoms with Crippen LogP contribution < -0.4 is 0 Å². The Hall–Kier alpha value is -1.82. The number of aliphatic hydroxyl groups is 3. The Morgan fingerprint density at radius 2 is 1.54 bits per heavy atom. The van der Waals surface area contributed by atoms with Crippen LogP contribution in [-0.4, -0.2) is 129 Å². The number of hydrogen-bond acceptors (Lipinski definition) is 14. The van der Waals surface area contributed by atoms with E-state index in [0.29, 0.717) is 44.9 Å². The zero-order valence-corrected chi connectivity index (χ0v) is 37.2. The van der Waals surface area contributed by atoms with Crippen LogP contribution >= 0.6 is 0 Å². The maximum Gasteiger partial charge on any atom is 0.311 e. The van der Waals surface area contributed by atoms with Crippen LogP contribution in [0.3, 0.4) is 0 Å². The van der Waals surface area contributed by atoms with Crippen molar-refractivity contribution in [2.45, 2.75) is 234 Å².